The Balaban J connectivity index is 2.08. The van der Waals surface area contributed by atoms with Crippen molar-refractivity contribution in [2.75, 3.05) is 5.32 Å². The molecule has 1 N–H and O–H groups in total. The fourth-order valence-corrected chi connectivity index (χ4v) is 3.03. The van der Waals surface area contributed by atoms with Crippen LogP contribution in [0.15, 0.2) is 35.1 Å². The molecule has 3 heterocycles. The predicted molar refractivity (Wildman–Crippen MR) is 89.6 cm³/mol. The van der Waals surface area contributed by atoms with E-state index in [0.29, 0.717) is 17.1 Å². The van der Waals surface area contributed by atoms with Crippen molar-refractivity contribution in [2.45, 2.75) is 13.8 Å². The number of amides is 1. The summed E-state index contributed by atoms with van der Waals surface area (Å²) in [6, 6.07) is 5.37. The van der Waals surface area contributed by atoms with Crippen LogP contribution in [0.25, 0.3) is 5.65 Å². The lowest BCUT2D eigenvalue weighted by Gasteiger charge is -2.07. The lowest BCUT2D eigenvalue weighted by molar-refractivity contribution is 0.102. The van der Waals surface area contributed by atoms with Gasteiger partial charge in [0.15, 0.2) is 5.15 Å². The maximum absolute atomic E-state index is 12.6. The summed E-state index contributed by atoms with van der Waals surface area (Å²) in [7, 11) is 0. The molecule has 0 atom stereocenters. The van der Waals surface area contributed by atoms with E-state index in [4.69, 9.17) is 11.6 Å². The Labute approximate surface area is 140 Å². The second-order valence-corrected chi connectivity index (χ2v) is 6.15. The molecule has 7 heteroatoms. The van der Waals surface area contributed by atoms with Gasteiger partial charge in [-0.2, -0.15) is 0 Å². The molecule has 3 aromatic heterocycles. The van der Waals surface area contributed by atoms with Crippen molar-refractivity contribution in [3.05, 3.63) is 57.2 Å². The van der Waals surface area contributed by atoms with E-state index < -0.39 is 0 Å². The van der Waals surface area contributed by atoms with Gasteiger partial charge in [0.1, 0.15) is 11.3 Å². The fourth-order valence-electron chi connectivity index (χ4n) is 2.32. The summed E-state index contributed by atoms with van der Waals surface area (Å²) in [5.41, 5.74) is 3.33. The highest BCUT2D eigenvalue weighted by Crippen LogP contribution is 2.23. The number of aromatic nitrogens is 3. The Kier molecular flexibility index (Phi) is 3.88. The maximum atomic E-state index is 12.6. The molecule has 5 nitrogen and oxygen atoms in total. The third-order valence-electron chi connectivity index (χ3n) is 3.27. The van der Waals surface area contributed by atoms with Crippen molar-refractivity contribution < 1.29 is 4.79 Å². The normalized spacial score (nSPS) is 10.9. The average molecular weight is 380 g/mol. The van der Waals surface area contributed by atoms with Crippen LogP contribution in [-0.2, 0) is 0 Å². The number of hydrogen-bond donors (Lipinski definition) is 1. The van der Waals surface area contributed by atoms with Crippen LogP contribution in [0.1, 0.15) is 21.7 Å². The second kappa shape index (κ2) is 5.70. The molecule has 0 radical (unpaired) electrons. The van der Waals surface area contributed by atoms with Gasteiger partial charge in [-0.15, -0.1) is 0 Å². The first-order chi connectivity index (χ1) is 10.5. The van der Waals surface area contributed by atoms with E-state index in [-0.39, 0.29) is 11.1 Å². The summed E-state index contributed by atoms with van der Waals surface area (Å²) in [4.78, 5) is 21.0. The topological polar surface area (TPSA) is 59.3 Å². The molecule has 0 aliphatic rings. The Morgan fingerprint density at radius 1 is 1.41 bits per heavy atom. The number of nitrogens with zero attached hydrogens (tertiary/aromatic N) is 3. The summed E-state index contributed by atoms with van der Waals surface area (Å²) in [5, 5.41) is 3.02. The molecule has 22 heavy (non-hydrogen) atoms. The van der Waals surface area contributed by atoms with Gasteiger partial charge in [-0.1, -0.05) is 11.6 Å². The molecule has 0 aliphatic carbocycles. The van der Waals surface area contributed by atoms with E-state index >= 15 is 0 Å². The van der Waals surface area contributed by atoms with Crippen molar-refractivity contribution in [1.29, 1.82) is 0 Å². The van der Waals surface area contributed by atoms with Gasteiger partial charge in [-0.05, 0) is 53.5 Å². The van der Waals surface area contributed by atoms with Crippen molar-refractivity contribution in [3.63, 3.8) is 0 Å². The van der Waals surface area contributed by atoms with Crippen molar-refractivity contribution in [3.8, 4) is 0 Å². The van der Waals surface area contributed by atoms with Crippen molar-refractivity contribution in [1.82, 2.24) is 14.4 Å². The molecular weight excluding hydrogens is 368 g/mol. The molecule has 0 aliphatic heterocycles. The Bertz CT molecular complexity index is 891. The molecule has 3 rings (SSSR count). The summed E-state index contributed by atoms with van der Waals surface area (Å²) in [6.07, 6.45) is 3.39. The van der Waals surface area contributed by atoms with Crippen molar-refractivity contribution in [2.24, 2.45) is 0 Å². The highest BCUT2D eigenvalue weighted by Gasteiger charge is 2.19. The number of fused-ring (bicyclic) bond motifs is 1. The monoisotopic (exact) mass is 378 g/mol. The maximum Gasteiger partial charge on any atom is 0.274 e. The molecule has 0 aromatic carbocycles. The molecule has 0 spiro atoms. The molecule has 0 fully saturated rings. The van der Waals surface area contributed by atoms with E-state index in [9.17, 15) is 4.79 Å². The molecule has 3 aromatic rings. The highest BCUT2D eigenvalue weighted by atomic mass is 79.9. The van der Waals surface area contributed by atoms with Gasteiger partial charge in [0.25, 0.3) is 5.91 Å². The fraction of sp³-hybridized carbons (Fsp3) is 0.133. The minimum atomic E-state index is -0.280. The van der Waals surface area contributed by atoms with Gasteiger partial charge in [0.2, 0.25) is 0 Å². The number of halogens is 2. The zero-order valence-corrected chi connectivity index (χ0v) is 14.2. The van der Waals surface area contributed by atoms with Gasteiger partial charge in [0, 0.05) is 16.9 Å². The number of aryl methyl sites for hydroxylation is 2. The van der Waals surface area contributed by atoms with Gasteiger partial charge in [-0.3, -0.25) is 9.20 Å². The Morgan fingerprint density at radius 3 is 2.91 bits per heavy atom. The van der Waals surface area contributed by atoms with Crippen LogP contribution in [0.4, 0.5) is 5.69 Å². The molecular formula is C15H12BrClN4O. The second-order valence-electron chi connectivity index (χ2n) is 4.88. The molecule has 0 bridgehead atoms. The standard InChI is InChI=1S/C15H12BrClN4O/c1-8-6-10(16)7-21-12(9(2)19-14(8)21)15(22)20-11-4-3-5-18-13(11)17/h3-7H,1-2H3,(H,20,22). The largest absolute Gasteiger partial charge is 0.318 e. The quantitative estimate of drug-likeness (QED) is 0.684. The van der Waals surface area contributed by atoms with Crippen LogP contribution in [0.5, 0.6) is 0 Å². The Hall–Kier alpha value is -1.92. The van der Waals surface area contributed by atoms with Crippen LogP contribution in [0.2, 0.25) is 5.15 Å². The van der Waals surface area contributed by atoms with Gasteiger partial charge in [-0.25, -0.2) is 9.97 Å². The molecule has 112 valence electrons. The molecule has 0 saturated heterocycles. The van der Waals surface area contributed by atoms with Crippen LogP contribution >= 0.6 is 27.5 Å². The number of anilines is 1. The number of rotatable bonds is 2. The molecule has 1 amide bonds. The van der Waals surface area contributed by atoms with E-state index in [1.54, 1.807) is 29.7 Å². The third kappa shape index (κ3) is 2.60. The zero-order valence-electron chi connectivity index (χ0n) is 11.9. The van der Waals surface area contributed by atoms with Crippen LogP contribution in [0, 0.1) is 13.8 Å². The minimum absolute atomic E-state index is 0.250. The van der Waals surface area contributed by atoms with E-state index in [0.717, 1.165) is 15.7 Å². The number of imidazole rings is 1. The number of carbonyl (C=O) groups excluding carboxylic acids is 1. The van der Waals surface area contributed by atoms with Gasteiger partial charge < -0.3 is 5.32 Å². The summed E-state index contributed by atoms with van der Waals surface area (Å²) < 4.78 is 2.65. The Morgan fingerprint density at radius 2 is 2.18 bits per heavy atom. The SMILES string of the molecule is Cc1nc2c(C)cc(Br)cn2c1C(=O)Nc1cccnc1Cl. The minimum Gasteiger partial charge on any atom is -0.318 e. The van der Waals surface area contributed by atoms with Crippen LogP contribution < -0.4 is 5.32 Å². The van der Waals surface area contributed by atoms with Crippen molar-refractivity contribution >= 4 is 44.8 Å². The third-order valence-corrected chi connectivity index (χ3v) is 4.00. The van der Waals surface area contributed by atoms with Gasteiger partial charge in [0.05, 0.1) is 11.4 Å². The van der Waals surface area contributed by atoms with Crippen LogP contribution in [-0.4, -0.2) is 20.3 Å². The lowest BCUT2D eigenvalue weighted by atomic mass is 10.3. The number of nitrogens with one attached hydrogen (secondary N) is 1. The summed E-state index contributed by atoms with van der Waals surface area (Å²) in [6.45, 7) is 3.76. The first-order valence-corrected chi connectivity index (χ1v) is 7.71. The van der Waals surface area contributed by atoms with E-state index in [2.05, 4.69) is 31.2 Å². The van der Waals surface area contributed by atoms with E-state index in [1.807, 2.05) is 19.2 Å². The van der Waals surface area contributed by atoms with Gasteiger partial charge >= 0.3 is 0 Å². The average Bonchev–Trinajstić information content (AvgIpc) is 2.78. The first-order valence-electron chi connectivity index (χ1n) is 6.54. The number of pyridine rings is 2. The predicted octanol–water partition coefficient (Wildman–Crippen LogP) is 4.01. The van der Waals surface area contributed by atoms with Crippen LogP contribution in [0.3, 0.4) is 0 Å². The zero-order chi connectivity index (χ0) is 15.9. The lowest BCUT2D eigenvalue weighted by Crippen LogP contribution is -2.16. The summed E-state index contributed by atoms with van der Waals surface area (Å²) >= 11 is 9.43. The molecule has 0 unspecified atom stereocenters. The number of carbonyl (C=O) groups is 1. The van der Waals surface area contributed by atoms with E-state index in [1.165, 1.54) is 0 Å². The molecule has 0 saturated carbocycles. The number of hydrogen-bond acceptors (Lipinski definition) is 3. The summed E-state index contributed by atoms with van der Waals surface area (Å²) in [5.74, 6) is -0.280. The highest BCUT2D eigenvalue weighted by molar-refractivity contribution is 9.10. The smallest absolute Gasteiger partial charge is 0.274 e. The first kappa shape index (κ1) is 15.0.